The summed E-state index contributed by atoms with van der Waals surface area (Å²) in [5.74, 6) is 0.0105. The maximum atomic E-state index is 10.8. The smallest absolute Gasteiger partial charge is 0.312 e. The first-order valence-electron chi connectivity index (χ1n) is 6.35. The molecule has 1 aromatic carbocycles. The van der Waals surface area contributed by atoms with Gasteiger partial charge in [-0.15, -0.1) is 0 Å². The maximum Gasteiger partial charge on any atom is 0.312 e. The molecule has 0 aliphatic heterocycles. The van der Waals surface area contributed by atoms with Gasteiger partial charge in [0.25, 0.3) is 5.69 Å². The van der Waals surface area contributed by atoms with E-state index in [1.165, 1.54) is 18.2 Å². The second-order valence-corrected chi connectivity index (χ2v) is 5.62. The molecular formula is C13H11IN4O5. The number of hydrogen-bond donors (Lipinski definition) is 1. The minimum absolute atomic E-state index is 0.0222. The average molecular weight is 430 g/mol. The monoisotopic (exact) mass is 430 g/mol. The molecule has 0 bridgehead atoms. The zero-order valence-electron chi connectivity index (χ0n) is 11.6. The molecule has 1 heterocycles. The molecule has 0 atom stereocenters. The summed E-state index contributed by atoms with van der Waals surface area (Å²) >= 11 is 1.88. The summed E-state index contributed by atoms with van der Waals surface area (Å²) < 4.78 is 5.96. The molecule has 0 saturated carbocycles. The third-order valence-electron chi connectivity index (χ3n) is 2.93. The van der Waals surface area contributed by atoms with Crippen LogP contribution in [-0.2, 0) is 6.42 Å². The Morgan fingerprint density at radius 3 is 2.39 bits per heavy atom. The van der Waals surface area contributed by atoms with Crippen molar-refractivity contribution in [1.82, 2.24) is 4.98 Å². The van der Waals surface area contributed by atoms with Gasteiger partial charge in [-0.25, -0.2) is 0 Å². The fourth-order valence-corrected chi connectivity index (χ4v) is 2.34. The van der Waals surface area contributed by atoms with E-state index in [-0.39, 0.29) is 29.7 Å². The molecule has 10 heteroatoms. The molecule has 0 radical (unpaired) electrons. The molecule has 1 aromatic heterocycles. The van der Waals surface area contributed by atoms with Crippen LogP contribution < -0.4 is 10.5 Å². The van der Waals surface area contributed by atoms with E-state index in [9.17, 15) is 20.2 Å². The minimum Gasteiger partial charge on any atom is -0.477 e. The Hall–Kier alpha value is -2.50. The van der Waals surface area contributed by atoms with Gasteiger partial charge in [-0.2, -0.15) is 4.98 Å². The zero-order valence-corrected chi connectivity index (χ0v) is 13.8. The highest BCUT2D eigenvalue weighted by molar-refractivity contribution is 14.1. The number of hydrogen-bond acceptors (Lipinski definition) is 7. The summed E-state index contributed by atoms with van der Waals surface area (Å²) in [6, 6.07) is 7.42. The number of anilines is 1. The number of halogens is 1. The summed E-state index contributed by atoms with van der Waals surface area (Å²) in [6.45, 7) is 0.262. The first kappa shape index (κ1) is 16.9. The number of rotatable bonds is 6. The van der Waals surface area contributed by atoms with Gasteiger partial charge < -0.3 is 10.5 Å². The van der Waals surface area contributed by atoms with Gasteiger partial charge in [-0.05, 0) is 28.2 Å². The van der Waals surface area contributed by atoms with Gasteiger partial charge in [-0.3, -0.25) is 20.2 Å². The van der Waals surface area contributed by atoms with E-state index in [1.54, 1.807) is 12.1 Å². The molecule has 9 nitrogen and oxygen atoms in total. The first-order chi connectivity index (χ1) is 10.9. The van der Waals surface area contributed by atoms with Crippen LogP contribution in [0.1, 0.15) is 5.56 Å². The molecule has 23 heavy (non-hydrogen) atoms. The van der Waals surface area contributed by atoms with E-state index >= 15 is 0 Å². The van der Waals surface area contributed by atoms with Gasteiger partial charge >= 0.3 is 5.69 Å². The van der Waals surface area contributed by atoms with Crippen LogP contribution in [0.5, 0.6) is 5.88 Å². The van der Waals surface area contributed by atoms with Gasteiger partial charge in [0.15, 0.2) is 0 Å². The Kier molecular flexibility index (Phi) is 5.26. The Morgan fingerprint density at radius 1 is 1.17 bits per heavy atom. The number of benzene rings is 1. The third-order valence-corrected chi connectivity index (χ3v) is 3.70. The standard InChI is InChI=1S/C13H11IN4O5/c14-10-7-11(18(21)22)12(15)16-13(10)23-6-5-8-1-3-9(4-2-8)17(19)20/h1-4,7H,5-6H2,(H2,15,16). The van der Waals surface area contributed by atoms with Crippen molar-refractivity contribution in [2.45, 2.75) is 6.42 Å². The molecule has 2 N–H and O–H groups in total. The van der Waals surface area contributed by atoms with Crippen LogP contribution in [0.4, 0.5) is 17.2 Å². The molecule has 0 saturated heterocycles. The van der Waals surface area contributed by atoms with Crippen molar-refractivity contribution in [3.05, 3.63) is 59.7 Å². The van der Waals surface area contributed by atoms with Crippen LogP contribution in [0.2, 0.25) is 0 Å². The van der Waals surface area contributed by atoms with Crippen molar-refractivity contribution in [2.24, 2.45) is 0 Å². The van der Waals surface area contributed by atoms with E-state index in [1.807, 2.05) is 22.6 Å². The number of ether oxygens (including phenoxy) is 1. The topological polar surface area (TPSA) is 134 Å². The van der Waals surface area contributed by atoms with Crippen molar-refractivity contribution in [3.63, 3.8) is 0 Å². The second-order valence-electron chi connectivity index (χ2n) is 4.46. The highest BCUT2D eigenvalue weighted by Gasteiger charge is 2.17. The summed E-state index contributed by atoms with van der Waals surface area (Å²) in [5, 5.41) is 21.3. The van der Waals surface area contributed by atoms with E-state index < -0.39 is 9.85 Å². The van der Waals surface area contributed by atoms with Crippen molar-refractivity contribution in [1.29, 1.82) is 0 Å². The van der Waals surface area contributed by atoms with Gasteiger partial charge in [0.2, 0.25) is 11.7 Å². The third kappa shape index (κ3) is 4.25. The van der Waals surface area contributed by atoms with Crippen LogP contribution in [0.3, 0.4) is 0 Å². The Morgan fingerprint density at radius 2 is 1.83 bits per heavy atom. The molecule has 2 aromatic rings. The van der Waals surface area contributed by atoms with Crippen LogP contribution >= 0.6 is 22.6 Å². The number of nitrogen functional groups attached to an aromatic ring is 1. The number of pyridine rings is 1. The van der Waals surface area contributed by atoms with Crippen LogP contribution in [0.15, 0.2) is 30.3 Å². The molecule has 0 unspecified atom stereocenters. The number of aromatic nitrogens is 1. The fourth-order valence-electron chi connectivity index (χ4n) is 1.77. The van der Waals surface area contributed by atoms with Gasteiger partial charge in [-0.1, -0.05) is 12.1 Å². The quantitative estimate of drug-likeness (QED) is 0.423. The fraction of sp³-hybridized carbons (Fsp3) is 0.154. The minimum atomic E-state index is -0.606. The molecule has 0 fully saturated rings. The van der Waals surface area contributed by atoms with Gasteiger partial charge in [0.05, 0.1) is 20.0 Å². The molecule has 2 rings (SSSR count). The number of nitro groups is 2. The number of nitrogens with zero attached hydrogens (tertiary/aromatic N) is 3. The van der Waals surface area contributed by atoms with Crippen molar-refractivity contribution >= 4 is 39.8 Å². The van der Waals surface area contributed by atoms with Crippen molar-refractivity contribution in [3.8, 4) is 5.88 Å². The first-order valence-corrected chi connectivity index (χ1v) is 7.43. The van der Waals surface area contributed by atoms with Crippen molar-refractivity contribution in [2.75, 3.05) is 12.3 Å². The SMILES string of the molecule is Nc1nc(OCCc2ccc([N+](=O)[O-])cc2)c(I)cc1[N+](=O)[O-]. The Labute approximate surface area is 143 Å². The number of non-ortho nitro benzene ring substituents is 1. The molecule has 0 amide bonds. The average Bonchev–Trinajstić information content (AvgIpc) is 2.50. The Balaban J connectivity index is 2.00. The molecular weight excluding hydrogens is 419 g/mol. The van der Waals surface area contributed by atoms with Crippen LogP contribution in [-0.4, -0.2) is 21.4 Å². The van der Waals surface area contributed by atoms with E-state index in [2.05, 4.69) is 4.98 Å². The number of nitro benzene ring substituents is 1. The predicted molar refractivity (Wildman–Crippen MR) is 90.3 cm³/mol. The van der Waals surface area contributed by atoms with Gasteiger partial charge in [0.1, 0.15) is 0 Å². The highest BCUT2D eigenvalue weighted by Crippen LogP contribution is 2.28. The Bertz CT molecular complexity index is 751. The van der Waals surface area contributed by atoms with Crippen molar-refractivity contribution < 1.29 is 14.6 Å². The lowest BCUT2D eigenvalue weighted by molar-refractivity contribution is -0.384. The number of nitrogens with two attached hydrogens (primary N) is 1. The van der Waals surface area contributed by atoms with E-state index in [4.69, 9.17) is 10.5 Å². The lowest BCUT2D eigenvalue weighted by Gasteiger charge is -2.08. The van der Waals surface area contributed by atoms with Gasteiger partial charge in [0, 0.05) is 24.6 Å². The molecule has 0 spiro atoms. The lowest BCUT2D eigenvalue weighted by Crippen LogP contribution is -2.07. The molecule has 0 aliphatic carbocycles. The summed E-state index contributed by atoms with van der Waals surface area (Å²) in [5.41, 5.74) is 6.14. The summed E-state index contributed by atoms with van der Waals surface area (Å²) in [7, 11) is 0. The lowest BCUT2D eigenvalue weighted by atomic mass is 10.1. The predicted octanol–water partition coefficient (Wildman–Crippen LogP) is 2.71. The van der Waals surface area contributed by atoms with Crippen LogP contribution in [0, 0.1) is 23.8 Å². The maximum absolute atomic E-state index is 10.8. The highest BCUT2D eigenvalue weighted by atomic mass is 127. The zero-order chi connectivity index (χ0) is 17.0. The molecule has 0 aliphatic rings. The normalized spacial score (nSPS) is 10.3. The van der Waals surface area contributed by atoms with Crippen LogP contribution in [0.25, 0.3) is 0 Å². The second kappa shape index (κ2) is 7.17. The largest absolute Gasteiger partial charge is 0.477 e. The summed E-state index contributed by atoms with van der Waals surface area (Å²) in [6.07, 6.45) is 0.507. The van der Waals surface area contributed by atoms with E-state index in [0.29, 0.717) is 9.99 Å². The van der Waals surface area contributed by atoms with E-state index in [0.717, 1.165) is 5.56 Å². The molecule has 120 valence electrons. The summed E-state index contributed by atoms with van der Waals surface area (Å²) in [4.78, 5) is 24.1.